The Morgan fingerprint density at radius 3 is 1.87 bits per heavy atom. The van der Waals surface area contributed by atoms with E-state index in [1.165, 1.54) is 18.2 Å². The summed E-state index contributed by atoms with van der Waals surface area (Å²) in [6.07, 6.45) is 0.200. The Morgan fingerprint density at radius 1 is 0.870 bits per heavy atom. The highest BCUT2D eigenvalue weighted by Crippen LogP contribution is 2.23. The van der Waals surface area contributed by atoms with Crippen LogP contribution < -0.4 is 5.73 Å². The molecule has 0 aliphatic heterocycles. The molecule has 0 atom stereocenters. The van der Waals surface area contributed by atoms with Crippen LogP contribution in [0.3, 0.4) is 0 Å². The van der Waals surface area contributed by atoms with Crippen molar-refractivity contribution in [2.24, 2.45) is 0 Å². The lowest BCUT2D eigenvalue weighted by Gasteiger charge is -2.09. The molecule has 0 saturated heterocycles. The molecule has 0 saturated carbocycles. The first-order chi connectivity index (χ1) is 10.5. The second kappa shape index (κ2) is 5.93. The van der Waals surface area contributed by atoms with E-state index in [-0.39, 0.29) is 17.0 Å². The van der Waals surface area contributed by atoms with Gasteiger partial charge in [0.05, 0.1) is 10.6 Å². The highest BCUT2D eigenvalue weighted by Gasteiger charge is 2.16. The third-order valence-electron chi connectivity index (χ3n) is 3.29. The largest absolute Gasteiger partial charge is 0.398 e. The quantitative estimate of drug-likeness (QED) is 0.559. The summed E-state index contributed by atoms with van der Waals surface area (Å²) in [4.78, 5) is -0.613. The van der Waals surface area contributed by atoms with Crippen molar-refractivity contribution >= 4 is 25.9 Å². The predicted octanol–water partition coefficient (Wildman–Crippen LogP) is 1.66. The number of anilines is 1. The maximum Gasteiger partial charge on any atom is 0.296 e. The lowest BCUT2D eigenvalue weighted by atomic mass is 10.0. The number of aryl methyl sites for hydroxylation is 1. The minimum Gasteiger partial charge on any atom is -0.398 e. The molecule has 9 heteroatoms. The van der Waals surface area contributed by atoms with Crippen molar-refractivity contribution in [1.29, 1.82) is 0 Å². The van der Waals surface area contributed by atoms with Gasteiger partial charge in [-0.05, 0) is 48.2 Å². The van der Waals surface area contributed by atoms with E-state index >= 15 is 0 Å². The third-order valence-corrected chi connectivity index (χ3v) is 5.20. The van der Waals surface area contributed by atoms with Crippen molar-refractivity contribution < 1.29 is 25.9 Å². The van der Waals surface area contributed by atoms with Crippen LogP contribution in [0.4, 0.5) is 5.69 Å². The zero-order valence-corrected chi connectivity index (χ0v) is 13.7. The normalized spacial score (nSPS) is 12.3. The number of rotatable bonds is 4. The number of benzene rings is 2. The molecule has 0 aliphatic carbocycles. The number of hydrogen-bond acceptors (Lipinski definition) is 5. The summed E-state index contributed by atoms with van der Waals surface area (Å²) in [5.74, 6) is 0. The molecule has 0 radical (unpaired) electrons. The summed E-state index contributed by atoms with van der Waals surface area (Å²) < 4.78 is 63.5. The van der Waals surface area contributed by atoms with Gasteiger partial charge in [-0.15, -0.1) is 0 Å². The first-order valence-corrected chi connectivity index (χ1v) is 9.29. The molecule has 124 valence electrons. The molecule has 0 amide bonds. The van der Waals surface area contributed by atoms with Crippen LogP contribution in [0.5, 0.6) is 0 Å². The Kier molecular flexibility index (Phi) is 4.49. The molecule has 0 spiro atoms. The van der Waals surface area contributed by atoms with Crippen LogP contribution in [-0.4, -0.2) is 25.9 Å². The van der Waals surface area contributed by atoms with Crippen LogP contribution in [0.15, 0.2) is 46.2 Å². The lowest BCUT2D eigenvalue weighted by molar-refractivity contribution is 0.480. The van der Waals surface area contributed by atoms with Gasteiger partial charge in [-0.2, -0.15) is 16.8 Å². The topological polar surface area (TPSA) is 135 Å². The van der Waals surface area contributed by atoms with Crippen molar-refractivity contribution in [2.45, 2.75) is 23.1 Å². The van der Waals surface area contributed by atoms with Crippen molar-refractivity contribution in [3.63, 3.8) is 0 Å². The molecular weight excluding hydrogens is 342 g/mol. The monoisotopic (exact) mass is 357 g/mol. The Labute approximate surface area is 134 Å². The van der Waals surface area contributed by atoms with Crippen molar-refractivity contribution in [3.05, 3.63) is 53.1 Å². The molecule has 23 heavy (non-hydrogen) atoms. The molecule has 2 rings (SSSR count). The fourth-order valence-corrected chi connectivity index (χ4v) is 3.62. The van der Waals surface area contributed by atoms with Crippen molar-refractivity contribution in [3.8, 4) is 0 Å². The van der Waals surface area contributed by atoms with Crippen molar-refractivity contribution in [1.82, 2.24) is 0 Å². The summed E-state index contributed by atoms with van der Waals surface area (Å²) in [5, 5.41) is 0. The van der Waals surface area contributed by atoms with E-state index in [0.717, 1.165) is 0 Å². The number of nitrogen functional groups attached to an aromatic ring is 1. The minimum atomic E-state index is -4.45. The molecule has 2 aromatic carbocycles. The highest BCUT2D eigenvalue weighted by atomic mass is 32.2. The Morgan fingerprint density at radius 2 is 1.35 bits per heavy atom. The van der Waals surface area contributed by atoms with Gasteiger partial charge in [-0.3, -0.25) is 9.11 Å². The Bertz CT molecular complexity index is 885. The second-order valence-electron chi connectivity index (χ2n) is 5.10. The van der Waals surface area contributed by atoms with Crippen LogP contribution in [0.25, 0.3) is 0 Å². The van der Waals surface area contributed by atoms with E-state index in [1.807, 2.05) is 0 Å². The molecule has 0 aromatic heterocycles. The van der Waals surface area contributed by atoms with Gasteiger partial charge in [0.1, 0.15) is 4.90 Å². The van der Waals surface area contributed by atoms with E-state index in [4.69, 9.17) is 10.3 Å². The summed E-state index contributed by atoms with van der Waals surface area (Å²) in [6.45, 7) is 1.55. The first kappa shape index (κ1) is 17.4. The standard InChI is InChI=1S/C14H15NO6S2/c1-9-2-3-10(7-13(9)22(16,17)18)6-11-4-5-12(15)14(8-11)23(19,20)21/h2-5,7-8H,6,15H2,1H3,(H,16,17,18)(H,19,20,21). The Hall–Kier alpha value is -1.94. The minimum absolute atomic E-state index is 0.0845. The van der Waals surface area contributed by atoms with Crippen LogP contribution >= 0.6 is 0 Å². The van der Waals surface area contributed by atoms with Gasteiger partial charge < -0.3 is 5.73 Å². The SMILES string of the molecule is Cc1ccc(Cc2ccc(N)c(S(=O)(=O)O)c2)cc1S(=O)(=O)O. The Balaban J connectivity index is 2.45. The summed E-state index contributed by atoms with van der Waals surface area (Å²) in [5.41, 5.74) is 6.89. The van der Waals surface area contributed by atoms with Crippen LogP contribution in [0.2, 0.25) is 0 Å². The van der Waals surface area contributed by atoms with E-state index in [9.17, 15) is 21.4 Å². The molecule has 0 fully saturated rings. The molecular formula is C14H15NO6S2. The molecule has 0 heterocycles. The highest BCUT2D eigenvalue weighted by molar-refractivity contribution is 7.86. The molecule has 7 nitrogen and oxygen atoms in total. The van der Waals surface area contributed by atoms with Crippen LogP contribution in [0.1, 0.15) is 16.7 Å². The van der Waals surface area contributed by atoms with Gasteiger partial charge >= 0.3 is 0 Å². The van der Waals surface area contributed by atoms with Gasteiger partial charge in [0.25, 0.3) is 20.2 Å². The second-order valence-corrected chi connectivity index (χ2v) is 7.88. The molecule has 0 bridgehead atoms. The maximum absolute atomic E-state index is 11.3. The van der Waals surface area contributed by atoms with Crippen LogP contribution in [-0.2, 0) is 26.7 Å². The molecule has 0 unspecified atom stereocenters. The molecule has 0 aliphatic rings. The average Bonchev–Trinajstić information content (AvgIpc) is 2.40. The number of nitrogens with two attached hydrogens (primary N) is 1. The zero-order chi connectivity index (χ0) is 17.4. The summed E-state index contributed by atoms with van der Waals surface area (Å²) in [6, 6.07) is 8.64. The van der Waals surface area contributed by atoms with E-state index in [2.05, 4.69) is 0 Å². The van der Waals surface area contributed by atoms with Crippen molar-refractivity contribution in [2.75, 3.05) is 5.73 Å². The summed E-state index contributed by atoms with van der Waals surface area (Å²) in [7, 11) is -8.79. The van der Waals surface area contributed by atoms with E-state index in [0.29, 0.717) is 16.7 Å². The van der Waals surface area contributed by atoms with E-state index in [1.54, 1.807) is 25.1 Å². The lowest BCUT2D eigenvalue weighted by Crippen LogP contribution is -2.05. The molecule has 2 aromatic rings. The van der Waals surface area contributed by atoms with Gasteiger partial charge in [0.15, 0.2) is 0 Å². The number of hydrogen-bond donors (Lipinski definition) is 3. The van der Waals surface area contributed by atoms with Crippen LogP contribution in [0, 0.1) is 6.92 Å². The molecule has 4 N–H and O–H groups in total. The summed E-state index contributed by atoms with van der Waals surface area (Å²) >= 11 is 0. The van der Waals surface area contributed by atoms with Gasteiger partial charge in [0, 0.05) is 0 Å². The fourth-order valence-electron chi connectivity index (χ4n) is 2.18. The maximum atomic E-state index is 11.3. The van der Waals surface area contributed by atoms with E-state index < -0.39 is 25.1 Å². The average molecular weight is 357 g/mol. The third kappa shape index (κ3) is 4.08. The smallest absolute Gasteiger partial charge is 0.296 e. The first-order valence-electron chi connectivity index (χ1n) is 6.41. The van der Waals surface area contributed by atoms with Gasteiger partial charge in [-0.25, -0.2) is 0 Å². The van der Waals surface area contributed by atoms with Gasteiger partial charge in [-0.1, -0.05) is 18.2 Å². The van der Waals surface area contributed by atoms with Gasteiger partial charge in [0.2, 0.25) is 0 Å². The zero-order valence-electron chi connectivity index (χ0n) is 12.1. The predicted molar refractivity (Wildman–Crippen MR) is 84.5 cm³/mol. The fraction of sp³-hybridized carbons (Fsp3) is 0.143.